The SMILES string of the molecule is CC(Oc1ccccc1Cc1ccccc1)C(=O)N1CC(CN)CC1C. The van der Waals surface area contributed by atoms with Gasteiger partial charge >= 0.3 is 0 Å². The standard InChI is InChI=1S/C22H28N2O2/c1-16-12-19(14-23)15-24(16)22(25)17(2)26-21-11-7-6-10-20(21)13-18-8-4-3-5-9-18/h3-11,16-17,19H,12-15,23H2,1-2H3. The summed E-state index contributed by atoms with van der Waals surface area (Å²) in [6, 6.07) is 18.5. The van der Waals surface area contributed by atoms with Crippen LogP contribution in [0.3, 0.4) is 0 Å². The molecule has 0 radical (unpaired) electrons. The Morgan fingerprint density at radius 2 is 1.88 bits per heavy atom. The summed E-state index contributed by atoms with van der Waals surface area (Å²) >= 11 is 0. The second-order valence-corrected chi connectivity index (χ2v) is 7.21. The molecule has 3 rings (SSSR count). The van der Waals surface area contributed by atoms with Gasteiger partial charge in [-0.1, -0.05) is 48.5 Å². The number of carbonyl (C=O) groups is 1. The second kappa shape index (κ2) is 8.37. The van der Waals surface area contributed by atoms with Crippen LogP contribution in [0.25, 0.3) is 0 Å². The molecule has 3 atom stereocenters. The van der Waals surface area contributed by atoms with Crippen molar-refractivity contribution in [2.45, 2.75) is 38.8 Å². The van der Waals surface area contributed by atoms with Gasteiger partial charge in [0, 0.05) is 19.0 Å². The number of likely N-dealkylation sites (tertiary alicyclic amines) is 1. The molecule has 4 nitrogen and oxygen atoms in total. The summed E-state index contributed by atoms with van der Waals surface area (Å²) in [5, 5.41) is 0. The summed E-state index contributed by atoms with van der Waals surface area (Å²) in [6.45, 7) is 5.28. The van der Waals surface area contributed by atoms with E-state index >= 15 is 0 Å². The average molecular weight is 352 g/mol. The van der Waals surface area contributed by atoms with Crippen molar-refractivity contribution < 1.29 is 9.53 Å². The van der Waals surface area contributed by atoms with Gasteiger partial charge in [0.05, 0.1) is 0 Å². The number of carbonyl (C=O) groups excluding carboxylic acids is 1. The van der Waals surface area contributed by atoms with Gasteiger partial charge < -0.3 is 15.4 Å². The maximum Gasteiger partial charge on any atom is 0.263 e. The van der Waals surface area contributed by atoms with Crippen LogP contribution in [0.1, 0.15) is 31.4 Å². The van der Waals surface area contributed by atoms with E-state index in [1.807, 2.05) is 48.2 Å². The maximum atomic E-state index is 12.9. The van der Waals surface area contributed by atoms with E-state index in [1.54, 1.807) is 0 Å². The Morgan fingerprint density at radius 3 is 2.58 bits per heavy atom. The monoisotopic (exact) mass is 352 g/mol. The number of nitrogens with zero attached hydrogens (tertiary/aromatic N) is 1. The third-order valence-corrected chi connectivity index (χ3v) is 5.14. The quantitative estimate of drug-likeness (QED) is 0.868. The minimum Gasteiger partial charge on any atom is -0.481 e. The fraction of sp³-hybridized carbons (Fsp3) is 0.409. The second-order valence-electron chi connectivity index (χ2n) is 7.21. The molecular weight excluding hydrogens is 324 g/mol. The molecule has 4 heteroatoms. The molecule has 1 aliphatic rings. The molecule has 0 saturated carbocycles. The maximum absolute atomic E-state index is 12.9. The molecule has 0 aromatic heterocycles. The van der Waals surface area contributed by atoms with Crippen molar-refractivity contribution in [3.63, 3.8) is 0 Å². The topological polar surface area (TPSA) is 55.6 Å². The first-order valence-corrected chi connectivity index (χ1v) is 9.37. The lowest BCUT2D eigenvalue weighted by Gasteiger charge is -2.26. The molecular formula is C22H28N2O2. The highest BCUT2D eigenvalue weighted by atomic mass is 16.5. The predicted octanol–water partition coefficient (Wildman–Crippen LogP) is 3.24. The number of amides is 1. The zero-order valence-electron chi connectivity index (χ0n) is 15.6. The largest absolute Gasteiger partial charge is 0.481 e. The minimum atomic E-state index is -0.508. The summed E-state index contributed by atoms with van der Waals surface area (Å²) < 4.78 is 6.09. The fourth-order valence-electron chi connectivity index (χ4n) is 3.68. The number of para-hydroxylation sites is 1. The zero-order chi connectivity index (χ0) is 18.5. The van der Waals surface area contributed by atoms with Gasteiger partial charge in [-0.15, -0.1) is 0 Å². The normalized spacial score (nSPS) is 20.8. The van der Waals surface area contributed by atoms with Crippen molar-refractivity contribution in [1.82, 2.24) is 4.90 Å². The van der Waals surface area contributed by atoms with Crippen LogP contribution in [0.4, 0.5) is 0 Å². The van der Waals surface area contributed by atoms with Crippen molar-refractivity contribution in [3.05, 3.63) is 65.7 Å². The van der Waals surface area contributed by atoms with Gasteiger partial charge in [0.15, 0.2) is 6.10 Å². The first-order chi connectivity index (χ1) is 12.6. The lowest BCUT2D eigenvalue weighted by molar-refractivity contribution is -0.138. The summed E-state index contributed by atoms with van der Waals surface area (Å²) in [4.78, 5) is 14.8. The molecule has 0 bridgehead atoms. The van der Waals surface area contributed by atoms with Gasteiger partial charge in [-0.05, 0) is 49.9 Å². The Morgan fingerprint density at radius 1 is 1.19 bits per heavy atom. The number of ether oxygens (including phenoxy) is 1. The van der Waals surface area contributed by atoms with Gasteiger partial charge in [0.2, 0.25) is 0 Å². The van der Waals surface area contributed by atoms with Crippen molar-refractivity contribution in [2.24, 2.45) is 11.7 Å². The van der Waals surface area contributed by atoms with E-state index in [-0.39, 0.29) is 11.9 Å². The van der Waals surface area contributed by atoms with Gasteiger partial charge in [0.1, 0.15) is 5.75 Å². The van der Waals surface area contributed by atoms with Crippen LogP contribution in [-0.2, 0) is 11.2 Å². The number of benzene rings is 2. The molecule has 1 saturated heterocycles. The summed E-state index contributed by atoms with van der Waals surface area (Å²) in [7, 11) is 0. The molecule has 1 amide bonds. The van der Waals surface area contributed by atoms with Gasteiger partial charge in [-0.3, -0.25) is 4.79 Å². The van der Waals surface area contributed by atoms with Crippen molar-refractivity contribution in [2.75, 3.05) is 13.1 Å². The van der Waals surface area contributed by atoms with E-state index in [0.717, 1.165) is 30.7 Å². The van der Waals surface area contributed by atoms with E-state index in [1.165, 1.54) is 5.56 Å². The number of rotatable bonds is 6. The smallest absolute Gasteiger partial charge is 0.263 e. The highest BCUT2D eigenvalue weighted by Crippen LogP contribution is 2.26. The number of nitrogens with two attached hydrogens (primary N) is 1. The number of hydrogen-bond acceptors (Lipinski definition) is 3. The lowest BCUT2D eigenvalue weighted by Crippen LogP contribution is -2.42. The molecule has 2 N–H and O–H groups in total. The Labute approximate surface area is 156 Å². The van der Waals surface area contributed by atoms with Crippen molar-refractivity contribution >= 4 is 5.91 Å². The summed E-state index contributed by atoms with van der Waals surface area (Å²) in [6.07, 6.45) is 1.25. The molecule has 2 aromatic rings. The van der Waals surface area contributed by atoms with Crippen LogP contribution in [-0.4, -0.2) is 36.0 Å². The lowest BCUT2D eigenvalue weighted by atomic mass is 10.0. The van der Waals surface area contributed by atoms with E-state index in [9.17, 15) is 4.79 Å². The minimum absolute atomic E-state index is 0.0444. The first kappa shape index (κ1) is 18.5. The molecule has 26 heavy (non-hydrogen) atoms. The Hall–Kier alpha value is -2.33. The number of hydrogen-bond donors (Lipinski definition) is 1. The third-order valence-electron chi connectivity index (χ3n) is 5.14. The Balaban J connectivity index is 1.69. The fourth-order valence-corrected chi connectivity index (χ4v) is 3.68. The zero-order valence-corrected chi connectivity index (χ0v) is 15.6. The van der Waals surface area contributed by atoms with Gasteiger partial charge in [-0.2, -0.15) is 0 Å². The summed E-state index contributed by atoms with van der Waals surface area (Å²) in [5.74, 6) is 1.22. The Bertz CT molecular complexity index is 732. The van der Waals surface area contributed by atoms with Crippen molar-refractivity contribution in [3.8, 4) is 5.75 Å². The van der Waals surface area contributed by atoms with Crippen LogP contribution in [0.2, 0.25) is 0 Å². The van der Waals surface area contributed by atoms with E-state index in [0.29, 0.717) is 12.5 Å². The molecule has 2 aromatic carbocycles. The first-order valence-electron chi connectivity index (χ1n) is 9.37. The van der Waals surface area contributed by atoms with E-state index in [4.69, 9.17) is 10.5 Å². The molecule has 1 heterocycles. The van der Waals surface area contributed by atoms with Crippen LogP contribution in [0, 0.1) is 5.92 Å². The van der Waals surface area contributed by atoms with E-state index < -0.39 is 6.10 Å². The van der Waals surface area contributed by atoms with E-state index in [2.05, 4.69) is 25.1 Å². The van der Waals surface area contributed by atoms with Crippen LogP contribution in [0.5, 0.6) is 5.75 Å². The molecule has 0 spiro atoms. The molecule has 3 unspecified atom stereocenters. The van der Waals surface area contributed by atoms with Gasteiger partial charge in [-0.25, -0.2) is 0 Å². The highest BCUT2D eigenvalue weighted by molar-refractivity contribution is 5.81. The molecule has 138 valence electrons. The average Bonchev–Trinajstić information content (AvgIpc) is 3.04. The van der Waals surface area contributed by atoms with Gasteiger partial charge in [0.25, 0.3) is 5.91 Å². The summed E-state index contributed by atoms with van der Waals surface area (Å²) in [5.41, 5.74) is 8.10. The molecule has 0 aliphatic carbocycles. The molecule has 1 aliphatic heterocycles. The van der Waals surface area contributed by atoms with Crippen LogP contribution in [0.15, 0.2) is 54.6 Å². The third kappa shape index (κ3) is 4.25. The predicted molar refractivity (Wildman–Crippen MR) is 104 cm³/mol. The molecule has 1 fully saturated rings. The Kier molecular flexibility index (Phi) is 5.94. The van der Waals surface area contributed by atoms with Crippen LogP contribution < -0.4 is 10.5 Å². The van der Waals surface area contributed by atoms with Crippen molar-refractivity contribution in [1.29, 1.82) is 0 Å². The van der Waals surface area contributed by atoms with Crippen LogP contribution >= 0.6 is 0 Å². The highest BCUT2D eigenvalue weighted by Gasteiger charge is 2.34.